The van der Waals surface area contributed by atoms with Crippen molar-refractivity contribution in [1.82, 2.24) is 9.97 Å². The lowest BCUT2D eigenvalue weighted by molar-refractivity contribution is 0.669. The first kappa shape index (κ1) is 24.4. The van der Waals surface area contributed by atoms with Gasteiger partial charge in [-0.05, 0) is 85.9 Å². The maximum Gasteiger partial charge on any atom is 0.135 e. The number of nitrogens with zero attached hydrogens (tertiary/aromatic N) is 2. The molecule has 3 aromatic heterocycles. The Bertz CT molecular complexity index is 2780. The van der Waals surface area contributed by atoms with Crippen molar-refractivity contribution in [2.45, 2.75) is 0 Å². The van der Waals surface area contributed by atoms with Crippen LogP contribution in [0.1, 0.15) is 0 Å². The lowest BCUT2D eigenvalue weighted by Gasteiger charge is -2.14. The van der Waals surface area contributed by atoms with Gasteiger partial charge in [0.05, 0.1) is 16.7 Å². The SMILES string of the molecule is c1cnc2c(c1)ccc1ccc(-c3ccc4oc5ccc(-c6cccc7c8ccccc8c8ccccc8c67)cc5c4c3)nc12. The maximum absolute atomic E-state index is 6.35. The number of fused-ring (bicyclic) bond motifs is 12. The van der Waals surface area contributed by atoms with E-state index in [9.17, 15) is 0 Å². The normalized spacial score (nSPS) is 12.0. The molecule has 0 saturated heterocycles. The summed E-state index contributed by atoms with van der Waals surface area (Å²) in [6, 6.07) is 49.6. The van der Waals surface area contributed by atoms with Gasteiger partial charge in [-0.25, -0.2) is 4.98 Å². The lowest BCUT2D eigenvalue weighted by Crippen LogP contribution is -1.88. The average molecular weight is 573 g/mol. The van der Waals surface area contributed by atoms with Gasteiger partial charge in [-0.3, -0.25) is 4.98 Å². The molecule has 10 rings (SSSR count). The summed E-state index contributed by atoms with van der Waals surface area (Å²) in [5.41, 5.74) is 7.94. The van der Waals surface area contributed by atoms with Crippen LogP contribution in [-0.4, -0.2) is 9.97 Å². The molecule has 3 heteroatoms. The van der Waals surface area contributed by atoms with E-state index in [1.54, 1.807) is 0 Å². The van der Waals surface area contributed by atoms with Crippen LogP contribution < -0.4 is 0 Å². The zero-order valence-electron chi connectivity index (χ0n) is 24.2. The Morgan fingerprint density at radius 3 is 1.78 bits per heavy atom. The quantitative estimate of drug-likeness (QED) is 0.193. The standard InChI is InChI=1S/C42H24N2O/c1-2-9-32-30(8-1)31-10-3-4-11-33(31)40-29(12-5-13-34(32)40)27-17-20-38-35(23-27)36-24-28(18-21-39(36)45-38)37-19-16-26-15-14-25-7-6-22-43-41(25)42(26)44-37/h1-24H. The van der Waals surface area contributed by atoms with Crippen molar-refractivity contribution in [1.29, 1.82) is 0 Å². The third-order valence-electron chi connectivity index (χ3n) is 9.28. The van der Waals surface area contributed by atoms with Crippen molar-refractivity contribution >= 4 is 76.1 Å². The molecule has 208 valence electrons. The summed E-state index contributed by atoms with van der Waals surface area (Å²) < 4.78 is 6.35. The number of pyridine rings is 2. The van der Waals surface area contributed by atoms with E-state index in [4.69, 9.17) is 9.40 Å². The average Bonchev–Trinajstić information content (AvgIpc) is 3.48. The predicted octanol–water partition coefficient (Wildman–Crippen LogP) is 11.5. The fourth-order valence-electron chi connectivity index (χ4n) is 7.19. The Balaban J connectivity index is 1.19. The molecule has 0 aliphatic carbocycles. The fourth-order valence-corrected chi connectivity index (χ4v) is 7.19. The van der Waals surface area contributed by atoms with Gasteiger partial charge in [0.1, 0.15) is 11.2 Å². The smallest absolute Gasteiger partial charge is 0.135 e. The summed E-state index contributed by atoms with van der Waals surface area (Å²) in [6.07, 6.45) is 1.83. The molecule has 3 heterocycles. The number of benzene rings is 7. The topological polar surface area (TPSA) is 38.9 Å². The number of rotatable bonds is 2. The van der Waals surface area contributed by atoms with E-state index in [1.165, 1.54) is 43.4 Å². The summed E-state index contributed by atoms with van der Waals surface area (Å²) in [5.74, 6) is 0. The van der Waals surface area contributed by atoms with Crippen molar-refractivity contribution in [3.8, 4) is 22.4 Å². The van der Waals surface area contributed by atoms with E-state index in [2.05, 4.69) is 138 Å². The zero-order valence-corrected chi connectivity index (χ0v) is 24.2. The number of aromatic nitrogens is 2. The highest BCUT2D eigenvalue weighted by Crippen LogP contribution is 2.42. The van der Waals surface area contributed by atoms with Crippen molar-refractivity contribution in [2.75, 3.05) is 0 Å². The van der Waals surface area contributed by atoms with Crippen LogP contribution in [0.15, 0.2) is 150 Å². The van der Waals surface area contributed by atoms with Crippen LogP contribution >= 0.6 is 0 Å². The van der Waals surface area contributed by atoms with Gasteiger partial charge in [0.2, 0.25) is 0 Å². The van der Waals surface area contributed by atoms with E-state index in [0.717, 1.165) is 55.0 Å². The van der Waals surface area contributed by atoms with Crippen molar-refractivity contribution in [2.24, 2.45) is 0 Å². The number of hydrogen-bond donors (Lipinski definition) is 0. The van der Waals surface area contributed by atoms with Gasteiger partial charge in [0.25, 0.3) is 0 Å². The van der Waals surface area contributed by atoms with Gasteiger partial charge >= 0.3 is 0 Å². The summed E-state index contributed by atoms with van der Waals surface area (Å²) >= 11 is 0. The number of hydrogen-bond acceptors (Lipinski definition) is 3. The summed E-state index contributed by atoms with van der Waals surface area (Å²) in [5, 5.41) is 12.0. The van der Waals surface area contributed by atoms with E-state index in [1.807, 2.05) is 12.3 Å². The van der Waals surface area contributed by atoms with Crippen LogP contribution in [0.4, 0.5) is 0 Å². The molecule has 0 atom stereocenters. The molecule has 0 aliphatic rings. The molecule has 0 bridgehead atoms. The Kier molecular flexibility index (Phi) is 5.00. The first-order valence-corrected chi connectivity index (χ1v) is 15.2. The molecular weight excluding hydrogens is 548 g/mol. The molecule has 10 aromatic rings. The zero-order chi connectivity index (χ0) is 29.5. The molecule has 0 spiro atoms. The third kappa shape index (κ3) is 3.58. The third-order valence-corrected chi connectivity index (χ3v) is 9.28. The largest absolute Gasteiger partial charge is 0.456 e. The van der Waals surface area contributed by atoms with Crippen LogP contribution in [0.2, 0.25) is 0 Å². The highest BCUT2D eigenvalue weighted by Gasteiger charge is 2.15. The molecule has 0 amide bonds. The van der Waals surface area contributed by atoms with Gasteiger partial charge in [-0.15, -0.1) is 0 Å². The molecule has 45 heavy (non-hydrogen) atoms. The minimum Gasteiger partial charge on any atom is -0.456 e. The van der Waals surface area contributed by atoms with Crippen LogP contribution in [0.3, 0.4) is 0 Å². The predicted molar refractivity (Wildman–Crippen MR) is 188 cm³/mol. The van der Waals surface area contributed by atoms with Crippen LogP contribution in [0.25, 0.3) is 98.4 Å². The van der Waals surface area contributed by atoms with Crippen LogP contribution in [-0.2, 0) is 0 Å². The van der Waals surface area contributed by atoms with E-state index in [0.29, 0.717) is 0 Å². The van der Waals surface area contributed by atoms with Crippen LogP contribution in [0, 0.1) is 0 Å². The Morgan fingerprint density at radius 1 is 0.422 bits per heavy atom. The second kappa shape index (κ2) is 9.22. The molecule has 0 fully saturated rings. The second-order valence-electron chi connectivity index (χ2n) is 11.8. The van der Waals surface area contributed by atoms with Gasteiger partial charge in [-0.1, -0.05) is 97.1 Å². The highest BCUT2D eigenvalue weighted by atomic mass is 16.3. The molecule has 3 nitrogen and oxygen atoms in total. The Morgan fingerprint density at radius 2 is 1.02 bits per heavy atom. The molecule has 0 N–H and O–H groups in total. The van der Waals surface area contributed by atoms with Crippen molar-refractivity contribution in [3.63, 3.8) is 0 Å². The minimum absolute atomic E-state index is 0.869. The summed E-state index contributed by atoms with van der Waals surface area (Å²) in [4.78, 5) is 9.75. The molecular formula is C42H24N2O. The van der Waals surface area contributed by atoms with Gasteiger partial charge in [-0.2, -0.15) is 0 Å². The maximum atomic E-state index is 6.35. The van der Waals surface area contributed by atoms with Crippen molar-refractivity contribution in [3.05, 3.63) is 146 Å². The Labute approximate surface area is 258 Å². The first-order valence-electron chi connectivity index (χ1n) is 15.2. The van der Waals surface area contributed by atoms with E-state index in [-0.39, 0.29) is 0 Å². The molecule has 0 radical (unpaired) electrons. The summed E-state index contributed by atoms with van der Waals surface area (Å²) in [7, 11) is 0. The number of furan rings is 1. The van der Waals surface area contributed by atoms with E-state index >= 15 is 0 Å². The first-order chi connectivity index (χ1) is 22.3. The van der Waals surface area contributed by atoms with Gasteiger partial charge < -0.3 is 4.42 Å². The van der Waals surface area contributed by atoms with Crippen LogP contribution in [0.5, 0.6) is 0 Å². The fraction of sp³-hybridized carbons (Fsp3) is 0. The summed E-state index contributed by atoms with van der Waals surface area (Å²) in [6.45, 7) is 0. The van der Waals surface area contributed by atoms with E-state index < -0.39 is 0 Å². The molecule has 0 aliphatic heterocycles. The molecule has 0 unspecified atom stereocenters. The second-order valence-corrected chi connectivity index (χ2v) is 11.8. The van der Waals surface area contributed by atoms with Gasteiger partial charge in [0.15, 0.2) is 0 Å². The highest BCUT2D eigenvalue weighted by molar-refractivity contribution is 6.28. The minimum atomic E-state index is 0.869. The Hall–Kier alpha value is -6.06. The van der Waals surface area contributed by atoms with Gasteiger partial charge in [0, 0.05) is 33.3 Å². The monoisotopic (exact) mass is 572 g/mol. The van der Waals surface area contributed by atoms with Crippen molar-refractivity contribution < 1.29 is 4.42 Å². The lowest BCUT2D eigenvalue weighted by atomic mass is 9.89. The molecule has 0 saturated carbocycles. The molecule has 7 aromatic carbocycles.